The van der Waals surface area contributed by atoms with Gasteiger partial charge in [0, 0.05) is 24.3 Å². The molecule has 0 aliphatic carbocycles. The normalized spacial score (nSPS) is 19.7. The fraction of sp³-hybridized carbons (Fsp3) is 0.417. The molecular formula is C12H12BrF2NO2. The fourth-order valence-corrected chi connectivity index (χ4v) is 2.54. The van der Waals surface area contributed by atoms with Gasteiger partial charge in [0.1, 0.15) is 5.75 Å². The summed E-state index contributed by atoms with van der Waals surface area (Å²) in [6, 6.07) is 6.42. The van der Waals surface area contributed by atoms with Crippen LogP contribution < -0.4 is 4.74 Å². The van der Waals surface area contributed by atoms with Crippen LogP contribution in [0.2, 0.25) is 0 Å². The highest BCUT2D eigenvalue weighted by Gasteiger charge is 2.27. The lowest BCUT2D eigenvalue weighted by Gasteiger charge is -2.16. The van der Waals surface area contributed by atoms with Gasteiger partial charge in [-0.1, -0.05) is 28.1 Å². The monoisotopic (exact) mass is 319 g/mol. The average molecular weight is 320 g/mol. The van der Waals surface area contributed by atoms with Gasteiger partial charge >= 0.3 is 6.61 Å². The van der Waals surface area contributed by atoms with E-state index in [-0.39, 0.29) is 16.5 Å². The number of benzene rings is 1. The molecule has 1 aliphatic rings. The minimum atomic E-state index is -2.83. The summed E-state index contributed by atoms with van der Waals surface area (Å²) in [4.78, 5) is 13.5. The minimum Gasteiger partial charge on any atom is -0.435 e. The van der Waals surface area contributed by atoms with Gasteiger partial charge < -0.3 is 9.64 Å². The molecule has 0 bridgehead atoms. The lowest BCUT2D eigenvalue weighted by molar-refractivity contribution is -0.128. The predicted molar refractivity (Wildman–Crippen MR) is 65.8 cm³/mol. The Morgan fingerprint density at radius 2 is 2.28 bits per heavy atom. The second kappa shape index (κ2) is 5.65. The van der Waals surface area contributed by atoms with E-state index in [1.807, 2.05) is 0 Å². The summed E-state index contributed by atoms with van der Waals surface area (Å²) >= 11 is 3.39. The molecule has 0 spiro atoms. The maximum absolute atomic E-state index is 12.1. The van der Waals surface area contributed by atoms with E-state index >= 15 is 0 Å². The number of likely N-dealkylation sites (tertiary alicyclic amines) is 1. The molecule has 0 saturated carbocycles. The van der Waals surface area contributed by atoms with E-state index in [0.29, 0.717) is 19.5 Å². The molecule has 0 radical (unpaired) electrons. The van der Waals surface area contributed by atoms with Crippen LogP contribution in [0, 0.1) is 0 Å². The van der Waals surface area contributed by atoms with Crippen molar-refractivity contribution in [2.45, 2.75) is 24.4 Å². The quantitative estimate of drug-likeness (QED) is 0.799. The maximum atomic E-state index is 12.1. The van der Waals surface area contributed by atoms with Gasteiger partial charge in [-0.05, 0) is 17.7 Å². The van der Waals surface area contributed by atoms with Crippen LogP contribution in [-0.4, -0.2) is 28.8 Å². The summed E-state index contributed by atoms with van der Waals surface area (Å²) in [5.74, 6) is 0.182. The second-order valence-corrected chi connectivity index (χ2v) is 5.40. The van der Waals surface area contributed by atoms with Crippen molar-refractivity contribution in [3.63, 3.8) is 0 Å². The third-order valence-corrected chi connectivity index (χ3v) is 3.28. The van der Waals surface area contributed by atoms with Gasteiger partial charge in [0.05, 0.1) is 0 Å². The second-order valence-electron chi connectivity index (χ2n) is 4.10. The highest BCUT2D eigenvalue weighted by Crippen LogP contribution is 2.22. The number of carbonyl (C=O) groups is 1. The number of hydrogen-bond donors (Lipinski definition) is 0. The number of nitrogens with zero attached hydrogens (tertiary/aromatic N) is 1. The van der Waals surface area contributed by atoms with Gasteiger partial charge in [0.25, 0.3) is 0 Å². The van der Waals surface area contributed by atoms with Crippen molar-refractivity contribution in [1.82, 2.24) is 4.90 Å². The topological polar surface area (TPSA) is 29.5 Å². The smallest absolute Gasteiger partial charge is 0.387 e. The average Bonchev–Trinajstić information content (AvgIpc) is 2.57. The Morgan fingerprint density at radius 1 is 1.50 bits per heavy atom. The molecule has 98 valence electrons. The number of amides is 1. The van der Waals surface area contributed by atoms with Gasteiger partial charge in [0.15, 0.2) is 0 Å². The zero-order chi connectivity index (χ0) is 13.1. The third-order valence-electron chi connectivity index (χ3n) is 2.66. The Morgan fingerprint density at radius 3 is 2.89 bits per heavy atom. The van der Waals surface area contributed by atoms with E-state index in [1.165, 1.54) is 12.1 Å². The minimum absolute atomic E-state index is 0.0667. The number of carbonyl (C=O) groups excluding carboxylic acids is 1. The third kappa shape index (κ3) is 3.41. The van der Waals surface area contributed by atoms with Crippen LogP contribution in [0.15, 0.2) is 24.3 Å². The molecule has 3 nitrogen and oxygen atoms in total. The Labute approximate surface area is 112 Å². The molecule has 1 saturated heterocycles. The predicted octanol–water partition coefficient (Wildman–Crippen LogP) is 2.78. The fourth-order valence-electron chi connectivity index (χ4n) is 1.92. The van der Waals surface area contributed by atoms with Crippen molar-refractivity contribution >= 4 is 21.8 Å². The molecule has 2 rings (SSSR count). The van der Waals surface area contributed by atoms with Gasteiger partial charge in [-0.25, -0.2) is 0 Å². The van der Waals surface area contributed by atoms with Crippen molar-refractivity contribution < 1.29 is 18.3 Å². The summed E-state index contributed by atoms with van der Waals surface area (Å²) < 4.78 is 28.5. The zero-order valence-corrected chi connectivity index (χ0v) is 11.1. The van der Waals surface area contributed by atoms with Crippen molar-refractivity contribution in [3.8, 4) is 5.75 Å². The van der Waals surface area contributed by atoms with Crippen LogP contribution >= 0.6 is 15.9 Å². The van der Waals surface area contributed by atoms with Crippen molar-refractivity contribution in [2.75, 3.05) is 6.54 Å². The van der Waals surface area contributed by atoms with Crippen LogP contribution in [0.1, 0.15) is 12.0 Å². The van der Waals surface area contributed by atoms with Crippen LogP contribution in [0.25, 0.3) is 0 Å². The summed E-state index contributed by atoms with van der Waals surface area (Å²) in [5.41, 5.74) is 0.781. The summed E-state index contributed by atoms with van der Waals surface area (Å²) in [6.07, 6.45) is 0.479. The summed E-state index contributed by atoms with van der Waals surface area (Å²) in [7, 11) is 0. The van der Waals surface area contributed by atoms with Crippen molar-refractivity contribution in [1.29, 1.82) is 0 Å². The molecule has 1 fully saturated rings. The Balaban J connectivity index is 2.03. The number of ether oxygens (including phenoxy) is 1. The maximum Gasteiger partial charge on any atom is 0.387 e. The number of halogens is 3. The van der Waals surface area contributed by atoms with E-state index in [9.17, 15) is 13.6 Å². The molecule has 1 aromatic rings. The van der Waals surface area contributed by atoms with E-state index in [2.05, 4.69) is 20.7 Å². The highest BCUT2D eigenvalue weighted by atomic mass is 79.9. The van der Waals surface area contributed by atoms with Gasteiger partial charge in [-0.15, -0.1) is 0 Å². The van der Waals surface area contributed by atoms with Crippen molar-refractivity contribution in [2.24, 2.45) is 0 Å². The molecule has 1 aliphatic heterocycles. The Bertz CT molecular complexity index is 442. The first-order chi connectivity index (χ1) is 8.54. The first-order valence-electron chi connectivity index (χ1n) is 5.50. The molecular weight excluding hydrogens is 308 g/mol. The van der Waals surface area contributed by atoms with E-state index in [0.717, 1.165) is 5.56 Å². The summed E-state index contributed by atoms with van der Waals surface area (Å²) in [6.45, 7) is -1.78. The largest absolute Gasteiger partial charge is 0.435 e. The Kier molecular flexibility index (Phi) is 4.16. The standard InChI is InChI=1S/C12H12BrF2NO2/c13-9-5-11(17)16(7-9)6-8-2-1-3-10(4-8)18-12(14)15/h1-4,9,12H,5-7H2. The van der Waals surface area contributed by atoms with Crippen LogP contribution in [0.4, 0.5) is 8.78 Å². The molecule has 6 heteroatoms. The first-order valence-corrected chi connectivity index (χ1v) is 6.42. The SMILES string of the molecule is O=C1CC(Br)CN1Cc1cccc(OC(F)F)c1. The zero-order valence-electron chi connectivity index (χ0n) is 9.48. The van der Waals surface area contributed by atoms with Crippen LogP contribution in [0.3, 0.4) is 0 Å². The van der Waals surface area contributed by atoms with Crippen LogP contribution in [0.5, 0.6) is 5.75 Å². The molecule has 1 unspecified atom stereocenters. The van der Waals surface area contributed by atoms with Crippen LogP contribution in [-0.2, 0) is 11.3 Å². The molecule has 1 heterocycles. The molecule has 1 atom stereocenters. The lowest BCUT2D eigenvalue weighted by Crippen LogP contribution is -2.24. The molecule has 0 aromatic heterocycles. The number of rotatable bonds is 4. The first kappa shape index (κ1) is 13.3. The summed E-state index contributed by atoms with van der Waals surface area (Å²) in [5, 5.41) is 0. The molecule has 0 N–H and O–H groups in total. The molecule has 18 heavy (non-hydrogen) atoms. The van der Waals surface area contributed by atoms with Gasteiger partial charge in [-0.3, -0.25) is 4.79 Å². The molecule has 1 amide bonds. The van der Waals surface area contributed by atoms with E-state index < -0.39 is 6.61 Å². The number of hydrogen-bond acceptors (Lipinski definition) is 2. The highest BCUT2D eigenvalue weighted by molar-refractivity contribution is 9.09. The molecule has 1 aromatic carbocycles. The van der Waals surface area contributed by atoms with E-state index in [1.54, 1.807) is 17.0 Å². The lowest BCUT2D eigenvalue weighted by atomic mass is 10.2. The van der Waals surface area contributed by atoms with Gasteiger partial charge in [-0.2, -0.15) is 8.78 Å². The van der Waals surface area contributed by atoms with Crippen molar-refractivity contribution in [3.05, 3.63) is 29.8 Å². The number of alkyl halides is 3. The van der Waals surface area contributed by atoms with Gasteiger partial charge in [0.2, 0.25) is 5.91 Å². The van der Waals surface area contributed by atoms with E-state index in [4.69, 9.17) is 0 Å². The Hall–Kier alpha value is -1.17.